The van der Waals surface area contributed by atoms with Gasteiger partial charge < -0.3 is 19.8 Å². The summed E-state index contributed by atoms with van der Waals surface area (Å²) in [7, 11) is 0. The van der Waals surface area contributed by atoms with Crippen LogP contribution >= 0.6 is 11.9 Å². The van der Waals surface area contributed by atoms with Crippen molar-refractivity contribution in [2.75, 3.05) is 11.9 Å². The molecule has 0 amide bonds. The van der Waals surface area contributed by atoms with Gasteiger partial charge in [-0.05, 0) is 43.0 Å². The van der Waals surface area contributed by atoms with Gasteiger partial charge in [0.25, 0.3) is 0 Å². The quantitative estimate of drug-likeness (QED) is 0.300. The van der Waals surface area contributed by atoms with Gasteiger partial charge in [0, 0.05) is 49.1 Å². The normalized spacial score (nSPS) is 17.8. The van der Waals surface area contributed by atoms with Gasteiger partial charge in [-0.25, -0.2) is 15.0 Å². The summed E-state index contributed by atoms with van der Waals surface area (Å²) in [6.45, 7) is 0.0248. The van der Waals surface area contributed by atoms with E-state index in [1.807, 2.05) is 12.3 Å². The Kier molecular flexibility index (Phi) is 5.77. The number of hydrogen-bond acceptors (Lipinski definition) is 9. The van der Waals surface area contributed by atoms with Gasteiger partial charge in [-0.2, -0.15) is 5.26 Å². The van der Waals surface area contributed by atoms with E-state index >= 15 is 0 Å². The Labute approximate surface area is 188 Å². The summed E-state index contributed by atoms with van der Waals surface area (Å²) < 4.78 is 9.10. The molecule has 0 aromatic carbocycles. The summed E-state index contributed by atoms with van der Waals surface area (Å²) in [6, 6.07) is 8.23. The molecule has 1 aliphatic rings. The topological polar surface area (TPSA) is 136 Å². The lowest BCUT2D eigenvalue weighted by molar-refractivity contribution is 0.298. The molecular weight excluding hydrogens is 426 g/mol. The van der Waals surface area contributed by atoms with Gasteiger partial charge >= 0.3 is 0 Å². The highest BCUT2D eigenvalue weighted by molar-refractivity contribution is 7.97. The van der Waals surface area contributed by atoms with Crippen LogP contribution in [0, 0.1) is 11.3 Å². The number of anilines is 1. The third-order valence-electron chi connectivity index (χ3n) is 5.42. The van der Waals surface area contributed by atoms with Crippen molar-refractivity contribution in [2.24, 2.45) is 0 Å². The molecule has 0 aliphatic heterocycles. The number of nitriles is 1. The van der Waals surface area contributed by atoms with E-state index in [0.717, 1.165) is 40.2 Å². The van der Waals surface area contributed by atoms with Crippen LogP contribution < -0.4 is 10.0 Å². The van der Waals surface area contributed by atoms with Gasteiger partial charge in [0.05, 0.1) is 28.6 Å². The van der Waals surface area contributed by atoms with Gasteiger partial charge in [-0.1, -0.05) is 0 Å². The molecule has 5 rings (SSSR count). The van der Waals surface area contributed by atoms with Crippen molar-refractivity contribution in [1.82, 2.24) is 24.7 Å². The monoisotopic (exact) mass is 447 g/mol. The molecule has 1 aliphatic carbocycles. The highest BCUT2D eigenvalue weighted by atomic mass is 32.2. The first kappa shape index (κ1) is 20.5. The Balaban J connectivity index is 1.27. The van der Waals surface area contributed by atoms with Crippen molar-refractivity contribution < 1.29 is 9.52 Å². The summed E-state index contributed by atoms with van der Waals surface area (Å²) >= 11 is 1.45. The van der Waals surface area contributed by atoms with Crippen LogP contribution in [0.5, 0.6) is 0 Å². The number of rotatable bonds is 8. The molecule has 0 saturated heterocycles. The third kappa shape index (κ3) is 4.18. The fraction of sp³-hybridized carbons (Fsp3) is 0.273. The van der Waals surface area contributed by atoms with Crippen molar-refractivity contribution in [3.63, 3.8) is 0 Å². The third-order valence-corrected chi connectivity index (χ3v) is 6.30. The number of aromatic amines is 1. The highest BCUT2D eigenvalue weighted by Crippen LogP contribution is 2.36. The lowest BCUT2D eigenvalue weighted by Crippen LogP contribution is -2.45. The minimum absolute atomic E-state index is 0.0248. The predicted octanol–water partition coefficient (Wildman–Crippen LogP) is 3.26. The van der Waals surface area contributed by atoms with Crippen molar-refractivity contribution in [1.29, 1.82) is 5.26 Å². The summed E-state index contributed by atoms with van der Waals surface area (Å²) in [4.78, 5) is 16.4. The van der Waals surface area contributed by atoms with E-state index in [2.05, 4.69) is 36.0 Å². The zero-order valence-corrected chi connectivity index (χ0v) is 17.9. The lowest BCUT2D eigenvalue weighted by atomic mass is 9.87. The Morgan fingerprint density at radius 2 is 2.19 bits per heavy atom. The largest absolute Gasteiger partial charge is 0.444 e. The number of aromatic nitrogens is 4. The Morgan fingerprint density at radius 3 is 3.03 bits per heavy atom. The number of aliphatic hydroxyl groups is 1. The number of H-pyrrole nitrogens is 1. The molecule has 4 N–H and O–H groups in total. The SMILES string of the molecule is N#Cc1ccnc(SN[C@H]2C[C@@H](Nc3c(-c4nc(CCO)co4)cnc4[nH]ccc34)C2)c1. The summed E-state index contributed by atoms with van der Waals surface area (Å²) in [5, 5.41) is 23.6. The molecule has 4 heterocycles. The van der Waals surface area contributed by atoms with Crippen molar-refractivity contribution in [3.05, 3.63) is 54.3 Å². The van der Waals surface area contributed by atoms with Gasteiger partial charge in [-0.3, -0.25) is 4.72 Å². The van der Waals surface area contributed by atoms with E-state index in [9.17, 15) is 0 Å². The number of hydrogen-bond donors (Lipinski definition) is 4. The molecule has 32 heavy (non-hydrogen) atoms. The number of nitrogens with one attached hydrogen (secondary N) is 3. The second-order valence-electron chi connectivity index (χ2n) is 7.63. The van der Waals surface area contributed by atoms with Crippen LogP contribution in [-0.4, -0.2) is 43.7 Å². The molecular formula is C22H21N7O2S. The standard InChI is InChI=1S/C22H21N7O2S/c23-10-13-1-4-24-19(7-13)32-29-16-8-15(9-16)27-20-17-2-5-25-21(17)26-11-18(20)22-28-14(3-6-30)12-31-22/h1-2,4-5,7,11-12,15-16,29-30H,3,6,8-9H2,(H2,25,26,27)/t15-,16+. The molecule has 1 saturated carbocycles. The van der Waals surface area contributed by atoms with E-state index in [1.54, 1.807) is 30.8 Å². The average Bonchev–Trinajstić information content (AvgIpc) is 3.45. The molecule has 0 radical (unpaired) electrons. The van der Waals surface area contributed by atoms with Crippen molar-refractivity contribution >= 4 is 28.7 Å². The van der Waals surface area contributed by atoms with E-state index in [-0.39, 0.29) is 12.6 Å². The molecule has 0 atom stereocenters. The van der Waals surface area contributed by atoms with E-state index in [4.69, 9.17) is 14.8 Å². The average molecular weight is 448 g/mol. The Morgan fingerprint density at radius 1 is 1.28 bits per heavy atom. The molecule has 1 fully saturated rings. The molecule has 0 unspecified atom stereocenters. The Bertz CT molecular complexity index is 1270. The van der Waals surface area contributed by atoms with Gasteiger partial charge in [0.2, 0.25) is 5.89 Å². The highest BCUT2D eigenvalue weighted by Gasteiger charge is 2.30. The summed E-state index contributed by atoms with van der Waals surface area (Å²) in [6.07, 6.45) is 9.19. The van der Waals surface area contributed by atoms with Crippen LogP contribution in [0.2, 0.25) is 0 Å². The smallest absolute Gasteiger partial charge is 0.229 e. The van der Waals surface area contributed by atoms with Gasteiger partial charge in [-0.15, -0.1) is 0 Å². The number of nitrogens with zero attached hydrogens (tertiary/aromatic N) is 4. The maximum Gasteiger partial charge on any atom is 0.229 e. The van der Waals surface area contributed by atoms with Crippen LogP contribution in [-0.2, 0) is 6.42 Å². The van der Waals surface area contributed by atoms with E-state index < -0.39 is 0 Å². The van der Waals surface area contributed by atoms with Crippen LogP contribution in [0.1, 0.15) is 24.1 Å². The first-order valence-corrected chi connectivity index (χ1v) is 11.1. The number of aliphatic hydroxyl groups excluding tert-OH is 1. The van der Waals surface area contributed by atoms with Gasteiger partial charge in [0.1, 0.15) is 16.9 Å². The zero-order chi connectivity index (χ0) is 21.9. The zero-order valence-electron chi connectivity index (χ0n) is 17.1. The maximum absolute atomic E-state index is 9.16. The molecule has 9 nitrogen and oxygen atoms in total. The summed E-state index contributed by atoms with van der Waals surface area (Å²) in [5.74, 6) is 0.486. The first-order valence-electron chi connectivity index (χ1n) is 10.3. The number of fused-ring (bicyclic) bond motifs is 1. The second-order valence-corrected chi connectivity index (χ2v) is 8.49. The van der Waals surface area contributed by atoms with Crippen molar-refractivity contribution in [3.8, 4) is 17.5 Å². The summed E-state index contributed by atoms with van der Waals surface area (Å²) in [5.41, 5.74) is 3.85. The molecule has 4 aromatic heterocycles. The fourth-order valence-corrected chi connectivity index (χ4v) is 4.48. The molecule has 0 bridgehead atoms. The predicted molar refractivity (Wildman–Crippen MR) is 121 cm³/mol. The minimum atomic E-state index is 0.0248. The molecule has 0 spiro atoms. The maximum atomic E-state index is 9.16. The van der Waals surface area contributed by atoms with Gasteiger partial charge in [0.15, 0.2) is 0 Å². The lowest BCUT2D eigenvalue weighted by Gasteiger charge is -2.37. The minimum Gasteiger partial charge on any atom is -0.444 e. The number of oxazole rings is 1. The fourth-order valence-electron chi connectivity index (χ4n) is 3.70. The molecule has 162 valence electrons. The Hall–Kier alpha value is -3.39. The molecule has 4 aromatic rings. The van der Waals surface area contributed by atoms with Crippen molar-refractivity contribution in [2.45, 2.75) is 36.4 Å². The van der Waals surface area contributed by atoms with Crippen LogP contribution in [0.4, 0.5) is 5.69 Å². The molecule has 10 heteroatoms. The number of pyridine rings is 2. The first-order chi connectivity index (χ1) is 15.7. The van der Waals surface area contributed by atoms with Crippen LogP contribution in [0.15, 0.2) is 52.5 Å². The van der Waals surface area contributed by atoms with Crippen LogP contribution in [0.3, 0.4) is 0 Å². The second kappa shape index (κ2) is 9.00. The van der Waals surface area contributed by atoms with Crippen LogP contribution in [0.25, 0.3) is 22.5 Å². The van der Waals surface area contributed by atoms with E-state index in [1.165, 1.54) is 11.9 Å². The van der Waals surface area contributed by atoms with E-state index in [0.29, 0.717) is 29.6 Å².